The molecule has 72 valence electrons. The van der Waals surface area contributed by atoms with Gasteiger partial charge in [-0.05, 0) is 31.1 Å². The lowest BCUT2D eigenvalue weighted by molar-refractivity contribution is 0.0276. The molecule has 0 spiro atoms. The van der Waals surface area contributed by atoms with E-state index in [4.69, 9.17) is 5.11 Å². The number of hydrogen-bond acceptors (Lipinski definition) is 2. The molecule has 0 saturated heterocycles. The Labute approximate surface area is 87.5 Å². The molecule has 1 rings (SSSR count). The highest BCUT2D eigenvalue weighted by Crippen LogP contribution is 2.33. The van der Waals surface area contributed by atoms with E-state index in [1.807, 2.05) is 6.92 Å². The van der Waals surface area contributed by atoms with Crippen molar-refractivity contribution in [2.75, 3.05) is 6.61 Å². The molecule has 0 aliphatic heterocycles. The van der Waals surface area contributed by atoms with Crippen LogP contribution in [0.4, 0.5) is 0 Å². The molecular weight excluding hydrogens is 267 g/mol. The molecule has 12 heavy (non-hydrogen) atoms. The zero-order chi connectivity index (χ0) is 9.14. The zero-order valence-electron chi connectivity index (χ0n) is 7.41. The Bertz CT molecular complexity index is 140. The van der Waals surface area contributed by atoms with Crippen LogP contribution in [0.3, 0.4) is 0 Å². The minimum absolute atomic E-state index is 0.192. The number of aliphatic hydroxyl groups is 2. The Morgan fingerprint density at radius 2 is 2.17 bits per heavy atom. The van der Waals surface area contributed by atoms with E-state index in [2.05, 4.69) is 22.6 Å². The van der Waals surface area contributed by atoms with Crippen LogP contribution in [-0.2, 0) is 0 Å². The normalized spacial score (nSPS) is 39.5. The molecular formula is C9H17IO2. The summed E-state index contributed by atoms with van der Waals surface area (Å²) < 4.78 is 0.625. The van der Waals surface area contributed by atoms with Crippen molar-refractivity contribution in [2.45, 2.75) is 36.2 Å². The van der Waals surface area contributed by atoms with Crippen LogP contribution < -0.4 is 0 Å². The Hall–Kier alpha value is 0.650. The van der Waals surface area contributed by atoms with Crippen LogP contribution in [0.15, 0.2) is 0 Å². The number of alkyl halides is 1. The summed E-state index contributed by atoms with van der Waals surface area (Å²) in [7, 11) is 0. The molecule has 1 aliphatic carbocycles. The molecule has 4 atom stereocenters. The van der Waals surface area contributed by atoms with Crippen molar-refractivity contribution < 1.29 is 10.2 Å². The number of aliphatic hydroxyl groups excluding tert-OH is 2. The summed E-state index contributed by atoms with van der Waals surface area (Å²) in [5.74, 6) is 0.574. The summed E-state index contributed by atoms with van der Waals surface area (Å²) in [5, 5.41) is 18.7. The lowest BCUT2D eigenvalue weighted by Gasteiger charge is -2.33. The maximum Gasteiger partial charge on any atom is 0.0581 e. The van der Waals surface area contributed by atoms with Crippen molar-refractivity contribution in [3.63, 3.8) is 0 Å². The van der Waals surface area contributed by atoms with E-state index in [1.165, 1.54) is 6.42 Å². The first-order valence-electron chi connectivity index (χ1n) is 4.58. The topological polar surface area (TPSA) is 40.5 Å². The van der Waals surface area contributed by atoms with Crippen LogP contribution in [0.1, 0.15) is 26.2 Å². The molecule has 1 fully saturated rings. The number of halogens is 1. The van der Waals surface area contributed by atoms with E-state index < -0.39 is 0 Å². The van der Waals surface area contributed by atoms with E-state index in [0.717, 1.165) is 12.8 Å². The first-order chi connectivity index (χ1) is 5.65. The fourth-order valence-corrected chi connectivity index (χ4v) is 2.80. The van der Waals surface area contributed by atoms with Gasteiger partial charge in [0.25, 0.3) is 0 Å². The first-order valence-corrected chi connectivity index (χ1v) is 5.82. The molecule has 0 heterocycles. The average molecular weight is 284 g/mol. The molecule has 3 heteroatoms. The van der Waals surface area contributed by atoms with Crippen molar-refractivity contribution in [1.29, 1.82) is 0 Å². The molecule has 1 saturated carbocycles. The fourth-order valence-electron chi connectivity index (χ4n) is 1.92. The van der Waals surface area contributed by atoms with Gasteiger partial charge < -0.3 is 10.2 Å². The lowest BCUT2D eigenvalue weighted by Crippen LogP contribution is -2.34. The van der Waals surface area contributed by atoms with Crippen LogP contribution >= 0.6 is 22.6 Å². The minimum Gasteiger partial charge on any atom is -0.396 e. The van der Waals surface area contributed by atoms with Crippen LogP contribution in [0.2, 0.25) is 0 Å². The van der Waals surface area contributed by atoms with Gasteiger partial charge in [-0.2, -0.15) is 0 Å². The molecule has 0 aromatic rings. The van der Waals surface area contributed by atoms with Gasteiger partial charge >= 0.3 is 0 Å². The monoisotopic (exact) mass is 284 g/mol. The second-order valence-corrected chi connectivity index (χ2v) is 5.56. The van der Waals surface area contributed by atoms with Gasteiger partial charge in [0.1, 0.15) is 0 Å². The molecule has 1 aliphatic rings. The second-order valence-electron chi connectivity index (χ2n) is 3.80. The molecule has 0 aromatic heterocycles. The SMILES string of the molecule is CC(CO)C1CCC(I)CC1O. The highest BCUT2D eigenvalue weighted by atomic mass is 127. The highest BCUT2D eigenvalue weighted by Gasteiger charge is 2.30. The van der Waals surface area contributed by atoms with E-state index in [-0.39, 0.29) is 18.6 Å². The van der Waals surface area contributed by atoms with Crippen molar-refractivity contribution in [1.82, 2.24) is 0 Å². The van der Waals surface area contributed by atoms with Gasteiger partial charge in [0, 0.05) is 10.5 Å². The van der Waals surface area contributed by atoms with Crippen molar-refractivity contribution in [3.05, 3.63) is 0 Å². The summed E-state index contributed by atoms with van der Waals surface area (Å²) in [6, 6.07) is 0. The molecule has 2 nitrogen and oxygen atoms in total. The molecule has 0 radical (unpaired) electrons. The molecule has 0 aromatic carbocycles. The van der Waals surface area contributed by atoms with Crippen LogP contribution in [0.5, 0.6) is 0 Å². The Morgan fingerprint density at radius 3 is 2.67 bits per heavy atom. The number of rotatable bonds is 2. The maximum absolute atomic E-state index is 9.72. The van der Waals surface area contributed by atoms with Gasteiger partial charge in [0.05, 0.1) is 6.10 Å². The Morgan fingerprint density at radius 1 is 1.50 bits per heavy atom. The fraction of sp³-hybridized carbons (Fsp3) is 1.00. The maximum atomic E-state index is 9.72. The largest absolute Gasteiger partial charge is 0.396 e. The third kappa shape index (κ3) is 2.57. The standard InChI is InChI=1S/C9H17IO2/c1-6(5-11)8-3-2-7(10)4-9(8)12/h6-9,11-12H,2-5H2,1H3. The molecule has 0 bridgehead atoms. The van der Waals surface area contributed by atoms with E-state index in [9.17, 15) is 5.11 Å². The minimum atomic E-state index is -0.192. The molecule has 0 amide bonds. The predicted octanol–water partition coefficient (Wildman–Crippen LogP) is 1.58. The van der Waals surface area contributed by atoms with Gasteiger partial charge in [-0.25, -0.2) is 0 Å². The third-order valence-corrected chi connectivity index (χ3v) is 3.95. The summed E-state index contributed by atoms with van der Waals surface area (Å²) in [6.07, 6.45) is 2.96. The summed E-state index contributed by atoms with van der Waals surface area (Å²) in [5.41, 5.74) is 0. The predicted molar refractivity (Wildman–Crippen MR) is 57.4 cm³/mol. The average Bonchev–Trinajstić information content (AvgIpc) is 2.03. The van der Waals surface area contributed by atoms with Crippen molar-refractivity contribution >= 4 is 22.6 Å². The van der Waals surface area contributed by atoms with E-state index in [0.29, 0.717) is 9.84 Å². The van der Waals surface area contributed by atoms with Crippen LogP contribution in [-0.4, -0.2) is 26.8 Å². The van der Waals surface area contributed by atoms with Gasteiger partial charge in [-0.15, -0.1) is 0 Å². The van der Waals surface area contributed by atoms with Gasteiger partial charge in [0.15, 0.2) is 0 Å². The van der Waals surface area contributed by atoms with E-state index >= 15 is 0 Å². The van der Waals surface area contributed by atoms with Crippen molar-refractivity contribution in [3.8, 4) is 0 Å². The Kier molecular flexibility index (Phi) is 4.26. The number of hydrogen-bond donors (Lipinski definition) is 2. The van der Waals surface area contributed by atoms with E-state index in [1.54, 1.807) is 0 Å². The Balaban J connectivity index is 2.44. The molecule has 4 unspecified atom stereocenters. The van der Waals surface area contributed by atoms with Gasteiger partial charge in [0.2, 0.25) is 0 Å². The quantitative estimate of drug-likeness (QED) is 0.597. The molecule has 2 N–H and O–H groups in total. The lowest BCUT2D eigenvalue weighted by atomic mass is 9.79. The van der Waals surface area contributed by atoms with Crippen LogP contribution in [0.25, 0.3) is 0 Å². The summed E-state index contributed by atoms with van der Waals surface area (Å²) >= 11 is 2.39. The summed E-state index contributed by atoms with van der Waals surface area (Å²) in [4.78, 5) is 0. The van der Waals surface area contributed by atoms with Gasteiger partial charge in [-0.1, -0.05) is 29.5 Å². The zero-order valence-corrected chi connectivity index (χ0v) is 9.57. The smallest absolute Gasteiger partial charge is 0.0581 e. The van der Waals surface area contributed by atoms with Crippen LogP contribution in [0, 0.1) is 11.8 Å². The summed E-state index contributed by atoms with van der Waals surface area (Å²) in [6.45, 7) is 2.22. The highest BCUT2D eigenvalue weighted by molar-refractivity contribution is 14.1. The van der Waals surface area contributed by atoms with Gasteiger partial charge in [-0.3, -0.25) is 0 Å². The second kappa shape index (κ2) is 4.77. The third-order valence-electron chi connectivity index (χ3n) is 2.82. The first kappa shape index (κ1) is 10.7. The van der Waals surface area contributed by atoms with Crippen molar-refractivity contribution in [2.24, 2.45) is 11.8 Å².